The lowest BCUT2D eigenvalue weighted by Crippen LogP contribution is -2.29. The lowest BCUT2D eigenvalue weighted by atomic mass is 9.96. The molecule has 1 atom stereocenters. The Hall–Kier alpha value is -4.33. The maximum Gasteiger partial charge on any atom is 0.317 e. The molecule has 0 spiro atoms. The van der Waals surface area contributed by atoms with Crippen molar-refractivity contribution in [3.8, 4) is 11.5 Å². The number of H-pyrrole nitrogens is 1. The second-order valence-electron chi connectivity index (χ2n) is 7.04. The Balaban J connectivity index is 1.50. The third-order valence-corrected chi connectivity index (χ3v) is 4.96. The van der Waals surface area contributed by atoms with Crippen LogP contribution in [0.3, 0.4) is 0 Å². The molecule has 0 radical (unpaired) electrons. The van der Waals surface area contributed by atoms with Crippen molar-refractivity contribution >= 4 is 17.5 Å². The van der Waals surface area contributed by atoms with Crippen molar-refractivity contribution in [2.45, 2.75) is 12.6 Å². The van der Waals surface area contributed by atoms with Crippen molar-refractivity contribution in [1.29, 1.82) is 0 Å². The van der Waals surface area contributed by atoms with E-state index in [-0.39, 0.29) is 29.7 Å². The summed E-state index contributed by atoms with van der Waals surface area (Å²) in [4.78, 5) is 31.5. The predicted octanol–water partition coefficient (Wildman–Crippen LogP) is 2.83. The van der Waals surface area contributed by atoms with Gasteiger partial charge in [0.1, 0.15) is 0 Å². The van der Waals surface area contributed by atoms with Gasteiger partial charge < -0.3 is 14.7 Å². The fourth-order valence-electron chi connectivity index (χ4n) is 3.46. The number of ketones is 1. The quantitative estimate of drug-likeness (QED) is 0.534. The number of carbonyl (C=O) groups excluding carboxylic acids is 1. The molecule has 1 aliphatic heterocycles. The molecule has 2 aromatic heterocycles. The fourth-order valence-corrected chi connectivity index (χ4v) is 3.46. The van der Waals surface area contributed by atoms with Gasteiger partial charge in [-0.05, 0) is 11.6 Å². The number of anilines is 1. The van der Waals surface area contributed by atoms with Crippen LogP contribution in [0.15, 0.2) is 87.1 Å². The van der Waals surface area contributed by atoms with Gasteiger partial charge in [0.15, 0.2) is 11.9 Å². The molecule has 0 aliphatic carbocycles. The molecule has 31 heavy (non-hydrogen) atoms. The van der Waals surface area contributed by atoms with Crippen LogP contribution in [0.4, 0.5) is 6.01 Å². The normalized spacial score (nSPS) is 15.7. The molecule has 1 aliphatic rings. The molecule has 2 N–H and O–H groups in total. The zero-order valence-electron chi connectivity index (χ0n) is 16.3. The van der Waals surface area contributed by atoms with Gasteiger partial charge in [-0.2, -0.15) is 0 Å². The lowest BCUT2D eigenvalue weighted by molar-refractivity contribution is -0.119. The topological polar surface area (TPSA) is 113 Å². The average Bonchev–Trinajstić information content (AvgIpc) is 3.21. The van der Waals surface area contributed by atoms with Gasteiger partial charge in [0.25, 0.3) is 5.89 Å². The fraction of sp³-hybridized carbons (Fsp3) is 0.0870. The number of hydrogen-bond donors (Lipinski definition) is 2. The molecule has 0 saturated carbocycles. The van der Waals surface area contributed by atoms with Crippen molar-refractivity contribution in [2.24, 2.45) is 4.99 Å². The van der Waals surface area contributed by atoms with Crippen LogP contribution in [0.2, 0.25) is 0 Å². The molecular weight excluding hydrogens is 394 g/mol. The van der Waals surface area contributed by atoms with Crippen molar-refractivity contribution in [3.63, 3.8) is 0 Å². The minimum absolute atomic E-state index is 0.0710. The number of nitrogens with zero attached hydrogens (tertiary/aromatic N) is 3. The summed E-state index contributed by atoms with van der Waals surface area (Å²) in [6.07, 6.45) is 0.833. The molecule has 0 amide bonds. The van der Waals surface area contributed by atoms with Crippen molar-refractivity contribution in [1.82, 2.24) is 15.2 Å². The number of Topliss-reactive ketones (excluding diaryl/α,β-unsaturated/α-hetero) is 1. The molecule has 0 fully saturated rings. The summed E-state index contributed by atoms with van der Waals surface area (Å²) in [5, 5.41) is 10.9. The van der Waals surface area contributed by atoms with E-state index >= 15 is 0 Å². The Labute approximate surface area is 176 Å². The molecule has 8 heteroatoms. The van der Waals surface area contributed by atoms with Crippen molar-refractivity contribution in [3.05, 3.63) is 100.0 Å². The van der Waals surface area contributed by atoms with Gasteiger partial charge in [0, 0.05) is 29.8 Å². The first-order chi connectivity index (χ1) is 15.2. The highest BCUT2D eigenvalue weighted by atomic mass is 16.4. The molecule has 4 aromatic rings. The minimum Gasteiger partial charge on any atom is -0.403 e. The summed E-state index contributed by atoms with van der Waals surface area (Å²) in [6.45, 7) is 0. The summed E-state index contributed by atoms with van der Waals surface area (Å²) in [6, 6.07) is 20.5. The molecule has 8 nitrogen and oxygen atoms in total. The number of carbonyl (C=O) groups is 1. The standard InChI is InChI=1S/C23H17N5O3/c29-18-12-15-8-4-5-9-17(15)20(14-6-2-1-3-7-14)25-21(18)26-23-28-27-22(31-23)16-10-11-19(30)24-13-16/h1-11,13,21H,12H2,(H,24,30)(H,26,28)/t21-/m1/s1. The Morgan fingerprint density at radius 3 is 2.52 bits per heavy atom. The first-order valence-corrected chi connectivity index (χ1v) is 9.71. The number of rotatable bonds is 4. The lowest BCUT2D eigenvalue weighted by Gasteiger charge is -2.11. The Morgan fingerprint density at radius 2 is 1.71 bits per heavy atom. The number of aromatic nitrogens is 3. The number of aliphatic imine (C=N–C) groups is 1. The van der Waals surface area contributed by atoms with E-state index in [9.17, 15) is 9.59 Å². The highest BCUT2D eigenvalue weighted by molar-refractivity contribution is 6.16. The Kier molecular flexibility index (Phi) is 4.72. The molecule has 5 rings (SSSR count). The van der Waals surface area contributed by atoms with Crippen LogP contribution in [-0.4, -0.2) is 32.8 Å². The highest BCUT2D eigenvalue weighted by Gasteiger charge is 2.27. The van der Waals surface area contributed by atoms with Crippen LogP contribution in [0.1, 0.15) is 16.7 Å². The van der Waals surface area contributed by atoms with E-state index < -0.39 is 6.17 Å². The number of fused-ring (bicyclic) bond motifs is 1. The van der Waals surface area contributed by atoms with Crippen LogP contribution in [-0.2, 0) is 11.2 Å². The van der Waals surface area contributed by atoms with Gasteiger partial charge in [-0.25, -0.2) is 0 Å². The monoisotopic (exact) mass is 411 g/mol. The van der Waals surface area contributed by atoms with E-state index in [2.05, 4.69) is 20.5 Å². The number of pyridine rings is 1. The molecule has 2 aromatic carbocycles. The highest BCUT2D eigenvalue weighted by Crippen LogP contribution is 2.23. The Bertz CT molecular complexity index is 1320. The first-order valence-electron chi connectivity index (χ1n) is 9.71. The van der Waals surface area contributed by atoms with Crippen LogP contribution >= 0.6 is 0 Å². The summed E-state index contributed by atoms with van der Waals surface area (Å²) < 4.78 is 5.64. The maximum absolute atomic E-state index is 13.0. The van der Waals surface area contributed by atoms with E-state index in [0.717, 1.165) is 22.4 Å². The molecule has 0 unspecified atom stereocenters. The van der Waals surface area contributed by atoms with Crippen LogP contribution in [0, 0.1) is 0 Å². The predicted molar refractivity (Wildman–Crippen MR) is 115 cm³/mol. The largest absolute Gasteiger partial charge is 0.403 e. The minimum atomic E-state index is -0.883. The van der Waals surface area contributed by atoms with E-state index in [1.807, 2.05) is 54.6 Å². The molecule has 152 valence electrons. The molecule has 0 bridgehead atoms. The van der Waals surface area contributed by atoms with Crippen molar-refractivity contribution < 1.29 is 9.21 Å². The SMILES string of the molecule is O=C1Cc2ccccc2C(c2ccccc2)=N[C@@H]1Nc1nnc(-c2ccc(=O)[nH]c2)o1. The van der Waals surface area contributed by atoms with Crippen molar-refractivity contribution in [2.75, 3.05) is 5.32 Å². The van der Waals surface area contributed by atoms with Crippen LogP contribution < -0.4 is 10.9 Å². The summed E-state index contributed by atoms with van der Waals surface area (Å²) in [5.74, 6) is 0.109. The number of hydrogen-bond acceptors (Lipinski definition) is 7. The third-order valence-electron chi connectivity index (χ3n) is 4.96. The number of aromatic amines is 1. The van der Waals surface area contributed by atoms with E-state index in [0.29, 0.717) is 5.56 Å². The van der Waals surface area contributed by atoms with Gasteiger partial charge >= 0.3 is 6.01 Å². The number of benzene rings is 2. The zero-order valence-corrected chi connectivity index (χ0v) is 16.3. The molecule has 3 heterocycles. The molecular formula is C23H17N5O3. The second-order valence-corrected chi connectivity index (χ2v) is 7.04. The van der Waals surface area contributed by atoms with Gasteiger partial charge in [-0.1, -0.05) is 59.7 Å². The third kappa shape index (κ3) is 3.78. The van der Waals surface area contributed by atoms with E-state index in [1.165, 1.54) is 12.3 Å². The van der Waals surface area contributed by atoms with Gasteiger partial charge in [-0.15, -0.1) is 5.10 Å². The number of nitrogens with one attached hydrogen (secondary N) is 2. The maximum atomic E-state index is 13.0. The van der Waals surface area contributed by atoms with E-state index in [1.54, 1.807) is 6.07 Å². The van der Waals surface area contributed by atoms with Gasteiger partial charge in [0.2, 0.25) is 5.56 Å². The van der Waals surface area contributed by atoms with Crippen LogP contribution in [0.25, 0.3) is 11.5 Å². The van der Waals surface area contributed by atoms with Crippen LogP contribution in [0.5, 0.6) is 0 Å². The molecule has 0 saturated heterocycles. The van der Waals surface area contributed by atoms with E-state index in [4.69, 9.17) is 9.41 Å². The smallest absolute Gasteiger partial charge is 0.317 e. The van der Waals surface area contributed by atoms with Gasteiger partial charge in [0.05, 0.1) is 11.3 Å². The summed E-state index contributed by atoms with van der Waals surface area (Å²) in [7, 11) is 0. The summed E-state index contributed by atoms with van der Waals surface area (Å²) in [5.41, 5.74) is 3.81. The summed E-state index contributed by atoms with van der Waals surface area (Å²) >= 11 is 0. The Morgan fingerprint density at radius 1 is 0.903 bits per heavy atom. The van der Waals surface area contributed by atoms with Gasteiger partial charge in [-0.3, -0.25) is 14.6 Å². The second kappa shape index (κ2) is 7.83. The first kappa shape index (κ1) is 18.7. The zero-order chi connectivity index (χ0) is 21.2. The average molecular weight is 411 g/mol.